The van der Waals surface area contributed by atoms with Crippen molar-refractivity contribution < 1.29 is 19.0 Å². The molecule has 1 aliphatic heterocycles. The molecule has 1 aromatic heterocycles. The van der Waals surface area contributed by atoms with E-state index in [-0.39, 0.29) is 18.5 Å². The molecular formula is C18H17N5O4S. The van der Waals surface area contributed by atoms with Crippen LogP contribution < -0.4 is 19.5 Å². The van der Waals surface area contributed by atoms with Gasteiger partial charge in [0, 0.05) is 11.8 Å². The van der Waals surface area contributed by atoms with Gasteiger partial charge in [-0.3, -0.25) is 4.79 Å². The third-order valence-electron chi connectivity index (χ3n) is 3.99. The first-order valence-electron chi connectivity index (χ1n) is 8.40. The van der Waals surface area contributed by atoms with Crippen molar-refractivity contribution in [3.8, 4) is 22.9 Å². The number of nitrogens with zero attached hydrogens (tertiary/aromatic N) is 4. The van der Waals surface area contributed by atoms with Gasteiger partial charge >= 0.3 is 0 Å². The van der Waals surface area contributed by atoms with E-state index in [0.29, 0.717) is 33.8 Å². The Morgan fingerprint density at radius 3 is 2.96 bits per heavy atom. The molecule has 0 bridgehead atoms. The van der Waals surface area contributed by atoms with Gasteiger partial charge in [0.2, 0.25) is 17.9 Å². The number of methoxy groups -OCH3 is 1. The van der Waals surface area contributed by atoms with Crippen molar-refractivity contribution in [3.63, 3.8) is 0 Å². The van der Waals surface area contributed by atoms with Crippen LogP contribution in [0.15, 0.2) is 41.6 Å². The van der Waals surface area contributed by atoms with E-state index >= 15 is 0 Å². The predicted octanol–water partition coefficient (Wildman–Crippen LogP) is 2.44. The van der Waals surface area contributed by atoms with Crippen molar-refractivity contribution in [1.82, 2.24) is 20.2 Å². The quantitative estimate of drug-likeness (QED) is 0.631. The summed E-state index contributed by atoms with van der Waals surface area (Å²) in [7, 11) is 1.59. The van der Waals surface area contributed by atoms with Gasteiger partial charge in [-0.2, -0.15) is 4.68 Å². The minimum absolute atomic E-state index is 0.142. The van der Waals surface area contributed by atoms with Crippen LogP contribution >= 0.6 is 11.8 Å². The summed E-state index contributed by atoms with van der Waals surface area (Å²) in [6.07, 6.45) is 0. The van der Waals surface area contributed by atoms with Crippen LogP contribution in [0.1, 0.15) is 5.56 Å². The molecule has 4 rings (SSSR count). The lowest BCUT2D eigenvalue weighted by Gasteiger charge is -2.10. The Bertz CT molecular complexity index is 1020. The molecule has 1 N–H and O–H groups in total. The largest absolute Gasteiger partial charge is 0.494 e. The molecule has 0 fully saturated rings. The van der Waals surface area contributed by atoms with Gasteiger partial charge in [0.25, 0.3) is 0 Å². The van der Waals surface area contributed by atoms with Crippen LogP contribution in [-0.4, -0.2) is 45.8 Å². The molecule has 0 saturated heterocycles. The molecule has 2 aromatic carbocycles. The zero-order chi connectivity index (χ0) is 19.5. The van der Waals surface area contributed by atoms with Gasteiger partial charge in [-0.15, -0.1) is 5.10 Å². The van der Waals surface area contributed by atoms with Gasteiger partial charge in [0.05, 0.1) is 12.9 Å². The van der Waals surface area contributed by atoms with Crippen molar-refractivity contribution in [2.45, 2.75) is 12.1 Å². The molecule has 0 saturated carbocycles. The van der Waals surface area contributed by atoms with Gasteiger partial charge in [-0.1, -0.05) is 17.8 Å². The number of nitrogens with one attached hydrogen (secondary N) is 1. The number of fused-ring (bicyclic) bond motifs is 1. The Hall–Kier alpha value is -3.27. The molecular weight excluding hydrogens is 382 g/mol. The average molecular weight is 399 g/mol. The highest BCUT2D eigenvalue weighted by molar-refractivity contribution is 7.99. The normalized spacial score (nSPS) is 12.1. The molecule has 0 aliphatic carbocycles. The third-order valence-corrected chi connectivity index (χ3v) is 4.91. The minimum atomic E-state index is -0.186. The number of aromatic nitrogens is 4. The monoisotopic (exact) mass is 399 g/mol. The van der Waals surface area contributed by atoms with Crippen LogP contribution in [-0.2, 0) is 4.79 Å². The fourth-order valence-electron chi connectivity index (χ4n) is 2.69. The highest BCUT2D eigenvalue weighted by Gasteiger charge is 2.17. The number of carbonyl (C=O) groups is 1. The number of thioether (sulfide) groups is 1. The Kier molecular flexibility index (Phi) is 5.02. The number of benzene rings is 2. The molecule has 28 heavy (non-hydrogen) atoms. The number of ether oxygens (including phenoxy) is 3. The van der Waals surface area contributed by atoms with E-state index in [2.05, 4.69) is 20.8 Å². The average Bonchev–Trinajstić information content (AvgIpc) is 3.35. The summed E-state index contributed by atoms with van der Waals surface area (Å²) in [6, 6.07) is 11.0. The zero-order valence-electron chi connectivity index (χ0n) is 15.2. The standard InChI is InChI=1S/C18H17N5O4S/c1-11-3-5-14(25-2)13(7-11)23-18(20-21-22-23)28-9-17(24)19-12-4-6-15-16(8-12)27-10-26-15/h3-8H,9-10H2,1-2H3,(H,19,24). The molecule has 9 nitrogen and oxygen atoms in total. The van der Waals surface area contributed by atoms with Gasteiger partial charge in [0.1, 0.15) is 11.4 Å². The molecule has 3 aromatic rings. The van der Waals surface area contributed by atoms with Crippen molar-refractivity contribution in [3.05, 3.63) is 42.0 Å². The van der Waals surface area contributed by atoms with Crippen LogP contribution in [0.5, 0.6) is 17.2 Å². The van der Waals surface area contributed by atoms with Gasteiger partial charge in [0.15, 0.2) is 11.5 Å². The summed E-state index contributed by atoms with van der Waals surface area (Å²) >= 11 is 1.23. The van der Waals surface area contributed by atoms with E-state index < -0.39 is 0 Å². The number of carbonyl (C=O) groups excluding carboxylic acids is 1. The van der Waals surface area contributed by atoms with Crippen LogP contribution in [0.2, 0.25) is 0 Å². The molecule has 0 unspecified atom stereocenters. The van der Waals surface area contributed by atoms with Crippen LogP contribution in [0.3, 0.4) is 0 Å². The van der Waals surface area contributed by atoms with E-state index in [4.69, 9.17) is 14.2 Å². The van der Waals surface area contributed by atoms with Crippen molar-refractivity contribution in [2.24, 2.45) is 0 Å². The van der Waals surface area contributed by atoms with Crippen molar-refractivity contribution >= 4 is 23.4 Å². The maximum Gasteiger partial charge on any atom is 0.234 e. The Balaban J connectivity index is 1.44. The van der Waals surface area contributed by atoms with E-state index in [1.165, 1.54) is 11.8 Å². The fraction of sp³-hybridized carbons (Fsp3) is 0.222. The second kappa shape index (κ2) is 7.77. The molecule has 0 atom stereocenters. The predicted molar refractivity (Wildman–Crippen MR) is 102 cm³/mol. The fourth-order valence-corrected chi connectivity index (χ4v) is 3.37. The number of hydrogen-bond donors (Lipinski definition) is 1. The lowest BCUT2D eigenvalue weighted by Crippen LogP contribution is -2.14. The highest BCUT2D eigenvalue weighted by Crippen LogP contribution is 2.34. The first kappa shape index (κ1) is 18.1. The SMILES string of the molecule is COc1ccc(C)cc1-n1nnnc1SCC(=O)Nc1ccc2c(c1)OCO2. The highest BCUT2D eigenvalue weighted by atomic mass is 32.2. The third kappa shape index (κ3) is 3.72. The Morgan fingerprint density at radius 1 is 1.25 bits per heavy atom. The van der Waals surface area contributed by atoms with Gasteiger partial charge < -0.3 is 19.5 Å². The van der Waals surface area contributed by atoms with Crippen molar-refractivity contribution in [1.29, 1.82) is 0 Å². The van der Waals surface area contributed by atoms with Crippen LogP contribution in [0.4, 0.5) is 5.69 Å². The second-order valence-electron chi connectivity index (χ2n) is 5.95. The van der Waals surface area contributed by atoms with Crippen LogP contribution in [0, 0.1) is 6.92 Å². The number of aryl methyl sites for hydroxylation is 1. The van der Waals surface area contributed by atoms with Crippen molar-refractivity contribution in [2.75, 3.05) is 25.0 Å². The number of rotatable bonds is 6. The minimum Gasteiger partial charge on any atom is -0.494 e. The molecule has 2 heterocycles. The number of anilines is 1. The lowest BCUT2D eigenvalue weighted by atomic mass is 10.2. The van der Waals surface area contributed by atoms with Gasteiger partial charge in [-0.05, 0) is 47.2 Å². The first-order chi connectivity index (χ1) is 13.6. The maximum absolute atomic E-state index is 12.3. The van der Waals surface area contributed by atoms with E-state index in [9.17, 15) is 4.79 Å². The zero-order valence-corrected chi connectivity index (χ0v) is 16.0. The molecule has 0 radical (unpaired) electrons. The maximum atomic E-state index is 12.3. The molecule has 1 amide bonds. The summed E-state index contributed by atoms with van der Waals surface area (Å²) in [5.74, 6) is 1.88. The Labute approximate surface area is 165 Å². The summed E-state index contributed by atoms with van der Waals surface area (Å²) in [6.45, 7) is 2.16. The second-order valence-corrected chi connectivity index (χ2v) is 6.90. The van der Waals surface area contributed by atoms with E-state index in [1.54, 1.807) is 30.0 Å². The number of hydrogen-bond acceptors (Lipinski definition) is 8. The van der Waals surface area contributed by atoms with Crippen LogP contribution in [0.25, 0.3) is 5.69 Å². The summed E-state index contributed by atoms with van der Waals surface area (Å²) in [4.78, 5) is 12.3. The first-order valence-corrected chi connectivity index (χ1v) is 9.38. The number of amides is 1. The molecule has 1 aliphatic rings. The molecule has 0 spiro atoms. The molecule has 10 heteroatoms. The van der Waals surface area contributed by atoms with Gasteiger partial charge in [-0.25, -0.2) is 0 Å². The summed E-state index contributed by atoms with van der Waals surface area (Å²) < 4.78 is 17.5. The number of tetrazole rings is 1. The molecule has 144 valence electrons. The summed E-state index contributed by atoms with van der Waals surface area (Å²) in [5.41, 5.74) is 2.39. The topological polar surface area (TPSA) is 100 Å². The Morgan fingerprint density at radius 2 is 2.11 bits per heavy atom. The smallest absolute Gasteiger partial charge is 0.234 e. The summed E-state index contributed by atoms with van der Waals surface area (Å²) in [5, 5.41) is 15.1. The van der Waals surface area contributed by atoms with E-state index in [0.717, 1.165) is 5.56 Å². The van der Waals surface area contributed by atoms with E-state index in [1.807, 2.05) is 25.1 Å². The lowest BCUT2D eigenvalue weighted by molar-refractivity contribution is -0.113.